The number of anilines is 1. The SMILES string of the molecule is Cc1ccccc1NC(=O)CN(C)S(=O)(=O)c1c(C)n[nH]c1C. The fourth-order valence-electron chi connectivity index (χ4n) is 2.27. The van der Waals surface area contributed by atoms with Gasteiger partial charge in [-0.1, -0.05) is 18.2 Å². The molecule has 0 unspecified atom stereocenters. The Morgan fingerprint density at radius 1 is 1.26 bits per heavy atom. The number of nitrogens with one attached hydrogen (secondary N) is 2. The molecule has 0 bridgehead atoms. The molecule has 0 aliphatic rings. The van der Waals surface area contributed by atoms with Gasteiger partial charge in [0.2, 0.25) is 15.9 Å². The number of aromatic amines is 1. The van der Waals surface area contributed by atoms with Gasteiger partial charge in [-0.25, -0.2) is 8.42 Å². The van der Waals surface area contributed by atoms with E-state index in [0.717, 1.165) is 9.87 Å². The average Bonchev–Trinajstić information content (AvgIpc) is 2.81. The summed E-state index contributed by atoms with van der Waals surface area (Å²) in [5, 5.41) is 9.25. The predicted octanol–water partition coefficient (Wildman–Crippen LogP) is 1.59. The van der Waals surface area contributed by atoms with E-state index < -0.39 is 15.9 Å². The van der Waals surface area contributed by atoms with Gasteiger partial charge in [-0.3, -0.25) is 9.89 Å². The monoisotopic (exact) mass is 336 g/mol. The Morgan fingerprint density at radius 2 is 1.91 bits per heavy atom. The zero-order valence-corrected chi connectivity index (χ0v) is 14.4. The predicted molar refractivity (Wildman–Crippen MR) is 87.7 cm³/mol. The number of carbonyl (C=O) groups is 1. The molecule has 0 saturated carbocycles. The molecule has 0 saturated heterocycles. The summed E-state index contributed by atoms with van der Waals surface area (Å²) in [5.74, 6) is -0.399. The van der Waals surface area contributed by atoms with Crippen molar-refractivity contribution < 1.29 is 13.2 Å². The Kier molecular flexibility index (Phi) is 4.86. The molecule has 0 spiro atoms. The van der Waals surface area contributed by atoms with Crippen LogP contribution >= 0.6 is 0 Å². The minimum Gasteiger partial charge on any atom is -0.325 e. The summed E-state index contributed by atoms with van der Waals surface area (Å²) in [4.78, 5) is 12.2. The Morgan fingerprint density at radius 3 is 2.48 bits per heavy atom. The number of benzene rings is 1. The van der Waals surface area contributed by atoms with Crippen molar-refractivity contribution in [3.05, 3.63) is 41.2 Å². The number of carbonyl (C=O) groups excluding carboxylic acids is 1. The molecular formula is C15H20N4O3S. The van der Waals surface area contributed by atoms with Crippen LogP contribution in [0.5, 0.6) is 0 Å². The number of H-pyrrole nitrogens is 1. The second-order valence-electron chi connectivity index (χ2n) is 5.39. The zero-order chi connectivity index (χ0) is 17.2. The Balaban J connectivity index is 2.14. The molecule has 1 aromatic carbocycles. The second-order valence-corrected chi connectivity index (χ2v) is 7.37. The summed E-state index contributed by atoms with van der Waals surface area (Å²) in [6.45, 7) is 4.83. The van der Waals surface area contributed by atoms with Crippen LogP contribution in [0.25, 0.3) is 0 Å². The quantitative estimate of drug-likeness (QED) is 0.867. The standard InChI is InChI=1S/C15H20N4O3S/c1-10-7-5-6-8-13(10)16-14(20)9-19(4)23(21,22)15-11(2)17-18-12(15)3/h5-8H,9H2,1-4H3,(H,16,20)(H,17,18). The van der Waals surface area contributed by atoms with E-state index in [1.807, 2.05) is 19.1 Å². The average molecular weight is 336 g/mol. The summed E-state index contributed by atoms with van der Waals surface area (Å²) in [7, 11) is -2.40. The van der Waals surface area contributed by atoms with Crippen molar-refractivity contribution in [3.63, 3.8) is 0 Å². The van der Waals surface area contributed by atoms with E-state index in [2.05, 4.69) is 15.5 Å². The lowest BCUT2D eigenvalue weighted by molar-refractivity contribution is -0.116. The molecule has 124 valence electrons. The lowest BCUT2D eigenvalue weighted by Crippen LogP contribution is -2.35. The van der Waals surface area contributed by atoms with Crippen LogP contribution in [0.15, 0.2) is 29.2 Å². The molecule has 0 radical (unpaired) electrons. The molecule has 0 aliphatic heterocycles. The van der Waals surface area contributed by atoms with Crippen molar-refractivity contribution >= 4 is 21.6 Å². The van der Waals surface area contributed by atoms with E-state index in [1.165, 1.54) is 7.05 Å². The summed E-state index contributed by atoms with van der Waals surface area (Å²) in [6.07, 6.45) is 0. The number of aryl methyl sites for hydroxylation is 3. The van der Waals surface area contributed by atoms with Crippen LogP contribution in [0.1, 0.15) is 17.0 Å². The van der Waals surface area contributed by atoms with Crippen molar-refractivity contribution in [2.75, 3.05) is 18.9 Å². The molecule has 0 aliphatic carbocycles. The van der Waals surface area contributed by atoms with Gasteiger partial charge in [0.1, 0.15) is 4.90 Å². The minimum atomic E-state index is -3.78. The first-order valence-corrected chi connectivity index (χ1v) is 8.51. The largest absolute Gasteiger partial charge is 0.325 e. The molecule has 2 rings (SSSR count). The van der Waals surface area contributed by atoms with Gasteiger partial charge in [-0.2, -0.15) is 9.40 Å². The highest BCUT2D eigenvalue weighted by atomic mass is 32.2. The fraction of sp³-hybridized carbons (Fsp3) is 0.333. The number of likely N-dealkylation sites (N-methyl/N-ethyl adjacent to an activating group) is 1. The summed E-state index contributed by atoms with van der Waals surface area (Å²) in [6, 6.07) is 7.31. The van der Waals surface area contributed by atoms with Gasteiger partial charge < -0.3 is 5.32 Å². The molecule has 0 atom stereocenters. The zero-order valence-electron chi connectivity index (χ0n) is 13.5. The Labute approximate surface area is 135 Å². The number of nitrogens with zero attached hydrogens (tertiary/aromatic N) is 2. The van der Waals surface area contributed by atoms with Gasteiger partial charge in [0.05, 0.1) is 17.9 Å². The highest BCUT2D eigenvalue weighted by molar-refractivity contribution is 7.89. The number of sulfonamides is 1. The molecule has 2 aromatic rings. The third-order valence-electron chi connectivity index (χ3n) is 3.51. The van der Waals surface area contributed by atoms with Gasteiger partial charge in [0.15, 0.2) is 0 Å². The topological polar surface area (TPSA) is 95.2 Å². The molecule has 1 heterocycles. The number of aromatic nitrogens is 2. The Hall–Kier alpha value is -2.19. The number of amides is 1. The van der Waals surface area contributed by atoms with Crippen LogP contribution in [0.2, 0.25) is 0 Å². The normalized spacial score (nSPS) is 11.7. The summed E-state index contributed by atoms with van der Waals surface area (Å²) in [5.41, 5.74) is 2.41. The molecular weight excluding hydrogens is 316 g/mol. The van der Waals surface area contributed by atoms with E-state index in [1.54, 1.807) is 26.0 Å². The lowest BCUT2D eigenvalue weighted by Gasteiger charge is -2.17. The molecule has 8 heteroatoms. The first-order valence-electron chi connectivity index (χ1n) is 7.07. The van der Waals surface area contributed by atoms with E-state index in [4.69, 9.17) is 0 Å². The summed E-state index contributed by atoms with van der Waals surface area (Å²) >= 11 is 0. The van der Waals surface area contributed by atoms with Crippen LogP contribution in [0.4, 0.5) is 5.69 Å². The fourth-order valence-corrected chi connectivity index (χ4v) is 3.72. The number of rotatable bonds is 5. The van der Waals surface area contributed by atoms with Gasteiger partial charge in [-0.15, -0.1) is 0 Å². The summed E-state index contributed by atoms with van der Waals surface area (Å²) < 4.78 is 26.2. The van der Waals surface area contributed by atoms with E-state index in [0.29, 0.717) is 17.1 Å². The van der Waals surface area contributed by atoms with Crippen molar-refractivity contribution in [2.24, 2.45) is 0 Å². The number of hydrogen-bond acceptors (Lipinski definition) is 4. The van der Waals surface area contributed by atoms with Gasteiger partial charge in [0.25, 0.3) is 0 Å². The molecule has 23 heavy (non-hydrogen) atoms. The van der Waals surface area contributed by atoms with Crippen molar-refractivity contribution in [1.82, 2.24) is 14.5 Å². The number of para-hydroxylation sites is 1. The van der Waals surface area contributed by atoms with Crippen LogP contribution in [0, 0.1) is 20.8 Å². The highest BCUT2D eigenvalue weighted by Crippen LogP contribution is 2.20. The van der Waals surface area contributed by atoms with Gasteiger partial charge in [0, 0.05) is 12.7 Å². The van der Waals surface area contributed by atoms with Crippen LogP contribution in [-0.2, 0) is 14.8 Å². The lowest BCUT2D eigenvalue weighted by atomic mass is 10.2. The van der Waals surface area contributed by atoms with Crippen LogP contribution < -0.4 is 5.32 Å². The smallest absolute Gasteiger partial charge is 0.246 e. The highest BCUT2D eigenvalue weighted by Gasteiger charge is 2.28. The van der Waals surface area contributed by atoms with Crippen molar-refractivity contribution in [2.45, 2.75) is 25.7 Å². The minimum absolute atomic E-state index is 0.115. The van der Waals surface area contributed by atoms with Crippen LogP contribution in [0.3, 0.4) is 0 Å². The van der Waals surface area contributed by atoms with Gasteiger partial charge >= 0.3 is 0 Å². The maximum absolute atomic E-state index is 12.6. The molecule has 7 nitrogen and oxygen atoms in total. The van der Waals surface area contributed by atoms with Crippen molar-refractivity contribution in [3.8, 4) is 0 Å². The van der Waals surface area contributed by atoms with E-state index >= 15 is 0 Å². The number of hydrogen-bond donors (Lipinski definition) is 2. The molecule has 1 aromatic heterocycles. The van der Waals surface area contributed by atoms with Gasteiger partial charge in [-0.05, 0) is 32.4 Å². The first kappa shape index (κ1) is 17.2. The maximum Gasteiger partial charge on any atom is 0.246 e. The maximum atomic E-state index is 12.6. The Bertz CT molecular complexity index is 807. The van der Waals surface area contributed by atoms with E-state index in [9.17, 15) is 13.2 Å². The first-order chi connectivity index (χ1) is 10.7. The third-order valence-corrected chi connectivity index (χ3v) is 5.58. The van der Waals surface area contributed by atoms with Crippen LogP contribution in [-0.4, -0.2) is 42.4 Å². The molecule has 2 N–H and O–H groups in total. The third kappa shape index (κ3) is 3.59. The molecule has 1 amide bonds. The molecule has 0 fully saturated rings. The second kappa shape index (κ2) is 6.51. The van der Waals surface area contributed by atoms with E-state index in [-0.39, 0.29) is 11.4 Å². The van der Waals surface area contributed by atoms with Crippen molar-refractivity contribution in [1.29, 1.82) is 0 Å².